The van der Waals surface area contributed by atoms with Gasteiger partial charge in [-0.05, 0) is 22.6 Å². The number of carbonyl (C=O) groups excluding carboxylic acids is 2. The number of thiophene rings is 1. The predicted octanol–water partition coefficient (Wildman–Crippen LogP) is 3.78. The van der Waals surface area contributed by atoms with Gasteiger partial charge in [0, 0.05) is 6.42 Å². The molecule has 27 heavy (non-hydrogen) atoms. The Balaban J connectivity index is 1.70. The molecule has 0 unspecified atom stereocenters. The van der Waals surface area contributed by atoms with E-state index in [2.05, 4.69) is 5.32 Å². The van der Waals surface area contributed by atoms with Crippen LogP contribution in [0.15, 0.2) is 78.2 Å². The molecule has 4 nitrogen and oxygen atoms in total. The molecule has 5 heteroatoms. The van der Waals surface area contributed by atoms with Gasteiger partial charge in [0.15, 0.2) is 5.78 Å². The minimum atomic E-state index is -0.700. The lowest BCUT2D eigenvalue weighted by Gasteiger charge is -2.42. The molecular weight excluding hydrogens is 358 g/mol. The molecule has 4 rings (SSSR count). The SMILES string of the molecule is O=C(C[C@H]1NC(c2ccccc2)(c2ccccc2)COC1=O)c1cccs1. The Morgan fingerprint density at radius 2 is 1.63 bits per heavy atom. The van der Waals surface area contributed by atoms with Crippen molar-refractivity contribution < 1.29 is 14.3 Å². The number of cyclic esters (lactones) is 1. The number of hydrogen-bond donors (Lipinski definition) is 1. The lowest BCUT2D eigenvalue weighted by atomic mass is 9.81. The second kappa shape index (κ2) is 7.47. The van der Waals surface area contributed by atoms with E-state index in [0.717, 1.165) is 11.1 Å². The fourth-order valence-corrected chi connectivity index (χ4v) is 4.16. The van der Waals surface area contributed by atoms with Gasteiger partial charge in [0.25, 0.3) is 0 Å². The molecule has 1 fully saturated rings. The summed E-state index contributed by atoms with van der Waals surface area (Å²) in [4.78, 5) is 25.6. The Kier molecular flexibility index (Phi) is 4.88. The minimum Gasteiger partial charge on any atom is -0.462 e. The summed E-state index contributed by atoms with van der Waals surface area (Å²) in [5, 5.41) is 5.31. The van der Waals surface area contributed by atoms with Crippen LogP contribution in [0.25, 0.3) is 0 Å². The van der Waals surface area contributed by atoms with Crippen molar-refractivity contribution >= 4 is 23.1 Å². The molecule has 1 aromatic heterocycles. The van der Waals surface area contributed by atoms with Crippen molar-refractivity contribution in [3.05, 3.63) is 94.2 Å². The second-order valence-electron chi connectivity index (χ2n) is 6.55. The Morgan fingerprint density at radius 1 is 1.00 bits per heavy atom. The van der Waals surface area contributed by atoms with Gasteiger partial charge in [0.1, 0.15) is 18.2 Å². The van der Waals surface area contributed by atoms with Crippen LogP contribution in [0.2, 0.25) is 0 Å². The van der Waals surface area contributed by atoms with E-state index >= 15 is 0 Å². The summed E-state index contributed by atoms with van der Waals surface area (Å²) in [5.74, 6) is -0.446. The zero-order valence-electron chi connectivity index (χ0n) is 14.6. The summed E-state index contributed by atoms with van der Waals surface area (Å²) < 4.78 is 5.58. The molecular formula is C22H19NO3S. The largest absolute Gasteiger partial charge is 0.462 e. The highest BCUT2D eigenvalue weighted by atomic mass is 32.1. The molecule has 2 heterocycles. The maximum Gasteiger partial charge on any atom is 0.323 e. The molecule has 0 saturated carbocycles. The van der Waals surface area contributed by atoms with Gasteiger partial charge in [0.2, 0.25) is 0 Å². The number of hydrogen-bond acceptors (Lipinski definition) is 5. The molecule has 136 valence electrons. The minimum absolute atomic E-state index is 0.0589. The highest BCUT2D eigenvalue weighted by molar-refractivity contribution is 7.12. The van der Waals surface area contributed by atoms with E-state index in [0.29, 0.717) is 4.88 Å². The van der Waals surface area contributed by atoms with Gasteiger partial charge in [-0.3, -0.25) is 14.9 Å². The van der Waals surface area contributed by atoms with Crippen LogP contribution in [0.3, 0.4) is 0 Å². The Hall–Kier alpha value is -2.76. The maximum atomic E-state index is 12.6. The smallest absolute Gasteiger partial charge is 0.323 e. The number of esters is 1. The molecule has 0 amide bonds. The van der Waals surface area contributed by atoms with Crippen molar-refractivity contribution in [2.75, 3.05) is 6.61 Å². The topological polar surface area (TPSA) is 55.4 Å². The lowest BCUT2D eigenvalue weighted by molar-refractivity contribution is -0.154. The first-order chi connectivity index (χ1) is 13.2. The van der Waals surface area contributed by atoms with Gasteiger partial charge in [0.05, 0.1) is 4.88 Å². The van der Waals surface area contributed by atoms with Gasteiger partial charge >= 0.3 is 5.97 Å². The van der Waals surface area contributed by atoms with Crippen LogP contribution in [0.5, 0.6) is 0 Å². The monoisotopic (exact) mass is 377 g/mol. The number of ketones is 1. The summed E-state index contributed by atoms with van der Waals surface area (Å²) in [5.41, 5.74) is 1.31. The lowest BCUT2D eigenvalue weighted by Crippen LogP contribution is -2.60. The van der Waals surface area contributed by atoms with E-state index < -0.39 is 11.6 Å². The van der Waals surface area contributed by atoms with Crippen molar-refractivity contribution in [3.63, 3.8) is 0 Å². The van der Waals surface area contributed by atoms with Crippen LogP contribution < -0.4 is 5.32 Å². The summed E-state index contributed by atoms with van der Waals surface area (Å²) in [6, 6.07) is 22.7. The van der Waals surface area contributed by atoms with Crippen LogP contribution in [-0.4, -0.2) is 24.4 Å². The third-order valence-corrected chi connectivity index (χ3v) is 5.77. The van der Waals surface area contributed by atoms with Crippen LogP contribution in [-0.2, 0) is 15.1 Å². The van der Waals surface area contributed by atoms with Crippen LogP contribution in [0.4, 0.5) is 0 Å². The number of morpholine rings is 1. The van der Waals surface area contributed by atoms with Crippen LogP contribution in [0.1, 0.15) is 27.2 Å². The fraction of sp³-hybridized carbons (Fsp3) is 0.182. The standard InChI is InChI=1S/C22H19NO3S/c24-19(20-12-7-13-27-20)14-18-21(25)26-15-22(23-18,16-8-3-1-4-9-16)17-10-5-2-6-11-17/h1-13,18,23H,14-15H2/t18-/m1/s1. The number of Topliss-reactive ketones (excluding diaryl/α,β-unsaturated/α-hetero) is 1. The molecule has 1 N–H and O–H groups in total. The summed E-state index contributed by atoms with van der Waals surface area (Å²) in [6.45, 7) is 0.184. The molecule has 2 aromatic carbocycles. The molecule has 1 aliphatic heterocycles. The van der Waals surface area contributed by atoms with Crippen LogP contribution >= 0.6 is 11.3 Å². The molecule has 0 radical (unpaired) electrons. The first-order valence-electron chi connectivity index (χ1n) is 8.81. The average molecular weight is 377 g/mol. The molecule has 1 aliphatic rings. The van der Waals surface area contributed by atoms with Gasteiger partial charge in [-0.15, -0.1) is 11.3 Å². The van der Waals surface area contributed by atoms with E-state index in [9.17, 15) is 9.59 Å². The highest BCUT2D eigenvalue weighted by Gasteiger charge is 2.44. The normalized spacial score (nSPS) is 18.7. The molecule has 3 aromatic rings. The van der Waals surface area contributed by atoms with Gasteiger partial charge in [-0.25, -0.2) is 0 Å². The van der Waals surface area contributed by atoms with Crippen molar-refractivity contribution in [1.82, 2.24) is 5.32 Å². The third kappa shape index (κ3) is 3.44. The van der Waals surface area contributed by atoms with Crippen molar-refractivity contribution in [2.45, 2.75) is 18.0 Å². The first-order valence-corrected chi connectivity index (χ1v) is 9.69. The van der Waals surface area contributed by atoms with Gasteiger partial charge in [-0.1, -0.05) is 66.7 Å². The van der Waals surface area contributed by atoms with E-state index in [1.54, 1.807) is 6.07 Å². The number of ether oxygens (including phenoxy) is 1. The quantitative estimate of drug-likeness (QED) is 0.543. The molecule has 0 spiro atoms. The van der Waals surface area contributed by atoms with E-state index in [1.807, 2.05) is 72.1 Å². The van der Waals surface area contributed by atoms with Crippen molar-refractivity contribution in [2.24, 2.45) is 0 Å². The van der Waals surface area contributed by atoms with E-state index in [-0.39, 0.29) is 24.8 Å². The van der Waals surface area contributed by atoms with E-state index in [4.69, 9.17) is 4.74 Å². The van der Waals surface area contributed by atoms with Gasteiger partial charge in [-0.2, -0.15) is 0 Å². The van der Waals surface area contributed by atoms with Crippen molar-refractivity contribution in [1.29, 1.82) is 0 Å². The van der Waals surface area contributed by atoms with E-state index in [1.165, 1.54) is 11.3 Å². The molecule has 1 atom stereocenters. The zero-order valence-corrected chi connectivity index (χ0v) is 15.4. The third-order valence-electron chi connectivity index (χ3n) is 4.85. The summed E-state index contributed by atoms with van der Waals surface area (Å²) in [7, 11) is 0. The molecule has 0 aliphatic carbocycles. The fourth-order valence-electron chi connectivity index (χ4n) is 3.48. The second-order valence-corrected chi connectivity index (χ2v) is 7.49. The summed E-state index contributed by atoms with van der Waals surface area (Å²) >= 11 is 1.38. The Morgan fingerprint density at radius 3 is 2.19 bits per heavy atom. The average Bonchev–Trinajstić information content (AvgIpc) is 3.26. The Bertz CT molecular complexity index is 883. The Labute approximate surface area is 161 Å². The maximum absolute atomic E-state index is 12.6. The molecule has 0 bridgehead atoms. The molecule has 1 saturated heterocycles. The number of benzene rings is 2. The van der Waals surface area contributed by atoms with Crippen LogP contribution in [0, 0.1) is 0 Å². The summed E-state index contributed by atoms with van der Waals surface area (Å²) in [6.07, 6.45) is 0.0702. The zero-order chi connectivity index (χ0) is 18.7. The van der Waals surface area contributed by atoms with Gasteiger partial charge < -0.3 is 4.74 Å². The number of rotatable bonds is 5. The number of nitrogens with one attached hydrogen (secondary N) is 1. The van der Waals surface area contributed by atoms with Crippen molar-refractivity contribution in [3.8, 4) is 0 Å². The highest BCUT2D eigenvalue weighted by Crippen LogP contribution is 2.34. The first kappa shape index (κ1) is 17.6. The number of carbonyl (C=O) groups is 2. The predicted molar refractivity (Wildman–Crippen MR) is 105 cm³/mol.